The van der Waals surface area contributed by atoms with Crippen molar-refractivity contribution in [1.82, 2.24) is 5.32 Å². The highest BCUT2D eigenvalue weighted by atomic mass is 16.5. The summed E-state index contributed by atoms with van der Waals surface area (Å²) in [5.41, 5.74) is 0. The lowest BCUT2D eigenvalue weighted by molar-refractivity contribution is -0.146. The van der Waals surface area contributed by atoms with Crippen LogP contribution in [-0.4, -0.2) is 35.2 Å². The summed E-state index contributed by atoms with van der Waals surface area (Å²) in [4.78, 5) is 23.0. The molecule has 1 fully saturated rings. The third kappa shape index (κ3) is 1.71. The zero-order valence-electron chi connectivity index (χ0n) is 9.21. The summed E-state index contributed by atoms with van der Waals surface area (Å²) in [6.45, 7) is 3.69. The largest absolute Gasteiger partial charge is 0.481 e. The quantitative estimate of drug-likeness (QED) is 0.671. The van der Waals surface area contributed by atoms with E-state index in [1.807, 2.05) is 13.8 Å². The lowest BCUT2D eigenvalue weighted by Gasteiger charge is -2.22. The normalized spacial score (nSPS) is 35.7. The van der Waals surface area contributed by atoms with E-state index in [0.717, 1.165) is 0 Å². The third-order valence-corrected chi connectivity index (χ3v) is 2.92. The maximum Gasteiger partial charge on any atom is 0.310 e. The Morgan fingerprint density at radius 1 is 1.25 bits per heavy atom. The Morgan fingerprint density at radius 2 is 1.81 bits per heavy atom. The fourth-order valence-electron chi connectivity index (χ4n) is 2.30. The van der Waals surface area contributed by atoms with Gasteiger partial charge in [-0.2, -0.15) is 0 Å². The van der Waals surface area contributed by atoms with Crippen LogP contribution in [-0.2, 0) is 14.3 Å². The van der Waals surface area contributed by atoms with E-state index in [9.17, 15) is 9.59 Å². The van der Waals surface area contributed by atoms with Crippen LogP contribution in [0.2, 0.25) is 0 Å². The zero-order valence-corrected chi connectivity index (χ0v) is 9.21. The standard InChI is InChI=1S/C11H15NO4/c1-5(2)12-10(13)8-6-3-4-7(16-6)9(8)11(14)15/h3-9H,1-2H3,(H,12,13)(H,14,15)/t6-,7-,8+,9-/m1/s1. The minimum atomic E-state index is -0.972. The van der Waals surface area contributed by atoms with Crippen molar-refractivity contribution in [3.63, 3.8) is 0 Å². The summed E-state index contributed by atoms with van der Waals surface area (Å²) in [6, 6.07) is 0.00468. The summed E-state index contributed by atoms with van der Waals surface area (Å²) in [5, 5.41) is 11.8. The van der Waals surface area contributed by atoms with Gasteiger partial charge in [-0.15, -0.1) is 0 Å². The lowest BCUT2D eigenvalue weighted by atomic mass is 9.82. The Morgan fingerprint density at radius 3 is 2.31 bits per heavy atom. The van der Waals surface area contributed by atoms with Crippen LogP contribution in [0.15, 0.2) is 12.2 Å². The molecule has 1 saturated heterocycles. The molecule has 88 valence electrons. The van der Waals surface area contributed by atoms with Crippen LogP contribution in [0.5, 0.6) is 0 Å². The summed E-state index contributed by atoms with van der Waals surface area (Å²) >= 11 is 0. The number of ether oxygens (including phenoxy) is 1. The second-order valence-corrected chi connectivity index (χ2v) is 4.50. The van der Waals surface area contributed by atoms with E-state index in [-0.39, 0.29) is 18.1 Å². The number of hydrogen-bond acceptors (Lipinski definition) is 3. The topological polar surface area (TPSA) is 75.6 Å². The molecule has 0 aromatic carbocycles. The number of carbonyl (C=O) groups is 2. The predicted octanol–water partition coefficient (Wildman–Crippen LogP) is 0.165. The highest BCUT2D eigenvalue weighted by Gasteiger charge is 2.53. The van der Waals surface area contributed by atoms with Crippen molar-refractivity contribution in [2.45, 2.75) is 32.1 Å². The van der Waals surface area contributed by atoms with Crippen molar-refractivity contribution < 1.29 is 19.4 Å². The minimum Gasteiger partial charge on any atom is -0.481 e. The fraction of sp³-hybridized carbons (Fsp3) is 0.636. The molecule has 0 unspecified atom stereocenters. The van der Waals surface area contributed by atoms with Crippen molar-refractivity contribution in [2.24, 2.45) is 11.8 Å². The lowest BCUT2D eigenvalue weighted by Crippen LogP contribution is -2.44. The number of hydrogen-bond donors (Lipinski definition) is 2. The summed E-state index contributed by atoms with van der Waals surface area (Å²) in [7, 11) is 0. The number of fused-ring (bicyclic) bond motifs is 2. The third-order valence-electron chi connectivity index (χ3n) is 2.92. The van der Waals surface area contributed by atoms with E-state index < -0.39 is 23.9 Å². The molecule has 2 rings (SSSR count). The molecule has 2 N–H and O–H groups in total. The Balaban J connectivity index is 2.16. The number of nitrogens with one attached hydrogen (secondary N) is 1. The van der Waals surface area contributed by atoms with Crippen LogP contribution in [0, 0.1) is 11.8 Å². The molecule has 2 aliphatic heterocycles. The van der Waals surface area contributed by atoms with Crippen molar-refractivity contribution in [1.29, 1.82) is 0 Å². The smallest absolute Gasteiger partial charge is 0.310 e. The van der Waals surface area contributed by atoms with Gasteiger partial charge in [0.2, 0.25) is 5.91 Å². The maximum absolute atomic E-state index is 11.9. The molecular formula is C11H15NO4. The molecule has 0 radical (unpaired) electrons. The van der Waals surface area contributed by atoms with Gasteiger partial charge in [-0.05, 0) is 13.8 Å². The average Bonchev–Trinajstić information content (AvgIpc) is 2.74. The Labute approximate surface area is 93.5 Å². The van der Waals surface area contributed by atoms with Gasteiger partial charge in [0.05, 0.1) is 18.1 Å². The first-order chi connectivity index (χ1) is 7.50. The first kappa shape index (κ1) is 11.1. The Kier molecular flexibility index (Phi) is 2.71. The molecule has 5 heteroatoms. The van der Waals surface area contributed by atoms with Gasteiger partial charge in [0, 0.05) is 6.04 Å². The first-order valence-corrected chi connectivity index (χ1v) is 5.37. The van der Waals surface area contributed by atoms with Crippen LogP contribution < -0.4 is 5.32 Å². The predicted molar refractivity (Wildman–Crippen MR) is 55.7 cm³/mol. The SMILES string of the molecule is CC(C)NC(=O)[C@@H]1[C@H](C(=O)O)[C@H]2C=C[C@H]1O2. The zero-order chi connectivity index (χ0) is 11.9. The summed E-state index contributed by atoms with van der Waals surface area (Å²) in [5.74, 6) is -2.57. The number of amides is 1. The number of rotatable bonds is 3. The molecular weight excluding hydrogens is 210 g/mol. The second-order valence-electron chi connectivity index (χ2n) is 4.50. The minimum absolute atomic E-state index is 0.00468. The molecule has 0 spiro atoms. The van der Waals surface area contributed by atoms with Gasteiger partial charge in [-0.3, -0.25) is 9.59 Å². The molecule has 0 saturated carbocycles. The van der Waals surface area contributed by atoms with E-state index in [1.54, 1.807) is 12.2 Å². The molecule has 4 atom stereocenters. The van der Waals surface area contributed by atoms with E-state index in [2.05, 4.69) is 5.32 Å². The van der Waals surface area contributed by atoms with E-state index in [0.29, 0.717) is 0 Å². The van der Waals surface area contributed by atoms with Crippen molar-refractivity contribution in [2.75, 3.05) is 0 Å². The monoisotopic (exact) mass is 225 g/mol. The molecule has 5 nitrogen and oxygen atoms in total. The molecule has 0 aromatic heterocycles. The van der Waals surface area contributed by atoms with Crippen molar-refractivity contribution in [3.8, 4) is 0 Å². The van der Waals surface area contributed by atoms with Gasteiger partial charge in [0.1, 0.15) is 5.92 Å². The van der Waals surface area contributed by atoms with Gasteiger partial charge in [0.15, 0.2) is 0 Å². The number of carboxylic acid groups (broad SMARTS) is 1. The van der Waals surface area contributed by atoms with Gasteiger partial charge in [-0.1, -0.05) is 12.2 Å². The van der Waals surface area contributed by atoms with Crippen LogP contribution >= 0.6 is 0 Å². The highest BCUT2D eigenvalue weighted by Crippen LogP contribution is 2.39. The Bertz CT molecular complexity index is 350. The van der Waals surface area contributed by atoms with Crippen LogP contribution in [0.25, 0.3) is 0 Å². The fourth-order valence-corrected chi connectivity index (χ4v) is 2.30. The van der Waals surface area contributed by atoms with Crippen LogP contribution in [0.4, 0.5) is 0 Å². The highest BCUT2D eigenvalue weighted by molar-refractivity contribution is 5.87. The molecule has 2 bridgehead atoms. The summed E-state index contributed by atoms with van der Waals surface area (Å²) < 4.78 is 5.41. The van der Waals surface area contributed by atoms with E-state index in [4.69, 9.17) is 9.84 Å². The molecule has 0 aromatic rings. The van der Waals surface area contributed by atoms with Gasteiger partial charge in [-0.25, -0.2) is 0 Å². The van der Waals surface area contributed by atoms with Crippen molar-refractivity contribution >= 4 is 11.9 Å². The molecule has 2 heterocycles. The average molecular weight is 225 g/mol. The number of carbonyl (C=O) groups excluding carboxylic acids is 1. The molecule has 2 aliphatic rings. The second kappa shape index (κ2) is 3.90. The van der Waals surface area contributed by atoms with E-state index in [1.165, 1.54) is 0 Å². The van der Waals surface area contributed by atoms with Gasteiger partial charge in [0.25, 0.3) is 0 Å². The van der Waals surface area contributed by atoms with Crippen molar-refractivity contribution in [3.05, 3.63) is 12.2 Å². The Hall–Kier alpha value is -1.36. The number of carboxylic acids is 1. The van der Waals surface area contributed by atoms with E-state index >= 15 is 0 Å². The molecule has 0 aliphatic carbocycles. The molecule has 16 heavy (non-hydrogen) atoms. The van der Waals surface area contributed by atoms with Gasteiger partial charge >= 0.3 is 5.97 Å². The van der Waals surface area contributed by atoms with Gasteiger partial charge < -0.3 is 15.2 Å². The number of aliphatic carboxylic acids is 1. The van der Waals surface area contributed by atoms with Crippen LogP contribution in [0.3, 0.4) is 0 Å². The first-order valence-electron chi connectivity index (χ1n) is 5.37. The molecule has 1 amide bonds. The van der Waals surface area contributed by atoms with Crippen LogP contribution in [0.1, 0.15) is 13.8 Å². The maximum atomic E-state index is 11.9. The summed E-state index contributed by atoms with van der Waals surface area (Å²) in [6.07, 6.45) is 2.66.